The van der Waals surface area contributed by atoms with Gasteiger partial charge in [-0.15, -0.1) is 5.11 Å². The van der Waals surface area contributed by atoms with Crippen LogP contribution in [-0.2, 0) is 7.05 Å². The van der Waals surface area contributed by atoms with Gasteiger partial charge in [0.15, 0.2) is 5.69 Å². The second-order valence-corrected chi connectivity index (χ2v) is 3.42. The van der Waals surface area contributed by atoms with Crippen molar-refractivity contribution in [1.82, 2.24) is 9.78 Å². The number of aryl methyl sites for hydroxylation is 2. The lowest BCUT2D eigenvalue weighted by Crippen LogP contribution is -1.88. The van der Waals surface area contributed by atoms with Crippen molar-refractivity contribution in [3.63, 3.8) is 0 Å². The second kappa shape index (κ2) is 4.14. The molecule has 16 heavy (non-hydrogen) atoms. The van der Waals surface area contributed by atoms with Crippen LogP contribution in [0.1, 0.15) is 5.69 Å². The summed E-state index contributed by atoms with van der Waals surface area (Å²) in [6, 6.07) is 9.35. The van der Waals surface area contributed by atoms with Crippen LogP contribution in [0.5, 0.6) is 5.88 Å². The number of hydrogen-bond donors (Lipinski definition) is 1. The summed E-state index contributed by atoms with van der Waals surface area (Å²) in [5.41, 5.74) is 1.80. The minimum absolute atomic E-state index is 0.0252. The van der Waals surface area contributed by atoms with Crippen molar-refractivity contribution in [3.05, 3.63) is 36.0 Å². The van der Waals surface area contributed by atoms with Crippen LogP contribution < -0.4 is 0 Å². The van der Waals surface area contributed by atoms with Crippen LogP contribution in [0.2, 0.25) is 0 Å². The van der Waals surface area contributed by atoms with Gasteiger partial charge >= 0.3 is 0 Å². The first kappa shape index (κ1) is 10.4. The first-order valence-corrected chi connectivity index (χ1v) is 4.88. The number of hydrogen-bond acceptors (Lipinski definition) is 4. The van der Waals surface area contributed by atoms with Gasteiger partial charge in [0.2, 0.25) is 5.88 Å². The molecule has 5 nitrogen and oxygen atoms in total. The van der Waals surface area contributed by atoms with E-state index in [1.54, 1.807) is 14.0 Å². The van der Waals surface area contributed by atoms with Gasteiger partial charge in [0, 0.05) is 7.05 Å². The van der Waals surface area contributed by atoms with Crippen molar-refractivity contribution in [2.24, 2.45) is 17.3 Å². The molecule has 1 aromatic heterocycles. The number of aromatic hydroxyl groups is 1. The molecule has 0 saturated heterocycles. The van der Waals surface area contributed by atoms with Crippen LogP contribution in [0.15, 0.2) is 40.6 Å². The van der Waals surface area contributed by atoms with Crippen LogP contribution in [0, 0.1) is 6.92 Å². The molecule has 2 rings (SSSR count). The SMILES string of the molecule is Cc1nn(C)c(O)c1/N=N/c1ccccc1. The number of rotatable bonds is 2. The van der Waals surface area contributed by atoms with Gasteiger partial charge in [-0.05, 0) is 19.1 Å². The normalized spacial score (nSPS) is 11.1. The molecule has 0 aliphatic carbocycles. The van der Waals surface area contributed by atoms with E-state index < -0.39 is 0 Å². The van der Waals surface area contributed by atoms with Crippen LogP contribution in [0.4, 0.5) is 11.4 Å². The maximum atomic E-state index is 9.64. The van der Waals surface area contributed by atoms with Crippen molar-refractivity contribution >= 4 is 11.4 Å². The van der Waals surface area contributed by atoms with Gasteiger partial charge in [-0.2, -0.15) is 10.2 Å². The van der Waals surface area contributed by atoms with Crippen LogP contribution in [0.3, 0.4) is 0 Å². The molecule has 0 atom stereocenters. The predicted molar refractivity (Wildman–Crippen MR) is 60.2 cm³/mol. The summed E-state index contributed by atoms with van der Waals surface area (Å²) in [7, 11) is 1.66. The Morgan fingerprint density at radius 3 is 2.44 bits per heavy atom. The molecule has 82 valence electrons. The molecule has 0 saturated carbocycles. The van der Waals surface area contributed by atoms with E-state index in [0.29, 0.717) is 11.4 Å². The molecule has 2 aromatic rings. The van der Waals surface area contributed by atoms with E-state index in [-0.39, 0.29) is 5.88 Å². The van der Waals surface area contributed by atoms with E-state index in [1.165, 1.54) is 4.68 Å². The highest BCUT2D eigenvalue weighted by molar-refractivity contribution is 5.51. The highest BCUT2D eigenvalue weighted by Crippen LogP contribution is 2.30. The van der Waals surface area contributed by atoms with Crippen LogP contribution in [0.25, 0.3) is 0 Å². The third-order valence-corrected chi connectivity index (χ3v) is 2.18. The standard InChI is InChI=1S/C11H12N4O/c1-8-10(11(16)15(2)14-8)13-12-9-6-4-3-5-7-9/h3-7,16H,1-2H3/b13-12+. The van der Waals surface area contributed by atoms with Gasteiger partial charge in [-0.1, -0.05) is 18.2 Å². The predicted octanol–water partition coefficient (Wildman–Crippen LogP) is 2.85. The van der Waals surface area contributed by atoms with Crippen molar-refractivity contribution < 1.29 is 5.11 Å². The summed E-state index contributed by atoms with van der Waals surface area (Å²) >= 11 is 0. The van der Waals surface area contributed by atoms with Gasteiger partial charge in [0.25, 0.3) is 0 Å². The highest BCUT2D eigenvalue weighted by Gasteiger charge is 2.10. The lowest BCUT2D eigenvalue weighted by atomic mass is 10.3. The van der Waals surface area contributed by atoms with Gasteiger partial charge < -0.3 is 5.11 Å². The Kier molecular flexibility index (Phi) is 2.68. The Morgan fingerprint density at radius 2 is 1.88 bits per heavy atom. The van der Waals surface area contributed by atoms with E-state index >= 15 is 0 Å². The average Bonchev–Trinajstić information content (AvgIpc) is 2.53. The van der Waals surface area contributed by atoms with Crippen molar-refractivity contribution in [1.29, 1.82) is 0 Å². The lowest BCUT2D eigenvalue weighted by molar-refractivity contribution is 0.420. The molecule has 0 fully saturated rings. The molecule has 0 spiro atoms. The summed E-state index contributed by atoms with van der Waals surface area (Å²) in [6.07, 6.45) is 0. The molecule has 0 aliphatic heterocycles. The quantitative estimate of drug-likeness (QED) is 0.784. The summed E-state index contributed by atoms with van der Waals surface area (Å²) in [4.78, 5) is 0. The fraction of sp³-hybridized carbons (Fsp3) is 0.182. The Morgan fingerprint density at radius 1 is 1.19 bits per heavy atom. The maximum absolute atomic E-state index is 9.64. The fourth-order valence-corrected chi connectivity index (χ4v) is 1.35. The zero-order valence-electron chi connectivity index (χ0n) is 9.12. The number of azo groups is 1. The minimum Gasteiger partial charge on any atom is -0.492 e. The van der Waals surface area contributed by atoms with Gasteiger partial charge in [-0.25, -0.2) is 4.68 Å². The molecule has 0 bridgehead atoms. The third-order valence-electron chi connectivity index (χ3n) is 2.18. The fourth-order valence-electron chi connectivity index (χ4n) is 1.35. The first-order chi connectivity index (χ1) is 7.68. The molecule has 5 heteroatoms. The van der Waals surface area contributed by atoms with E-state index in [2.05, 4.69) is 15.3 Å². The van der Waals surface area contributed by atoms with Crippen molar-refractivity contribution in [2.75, 3.05) is 0 Å². The van der Waals surface area contributed by atoms with E-state index in [1.807, 2.05) is 30.3 Å². The second-order valence-electron chi connectivity index (χ2n) is 3.42. The van der Waals surface area contributed by atoms with Crippen molar-refractivity contribution in [2.45, 2.75) is 6.92 Å². The molecule has 0 aliphatic rings. The van der Waals surface area contributed by atoms with Crippen molar-refractivity contribution in [3.8, 4) is 5.88 Å². The molecule has 0 amide bonds. The summed E-state index contributed by atoms with van der Waals surface area (Å²) in [5, 5.41) is 21.7. The largest absolute Gasteiger partial charge is 0.492 e. The first-order valence-electron chi connectivity index (χ1n) is 4.88. The smallest absolute Gasteiger partial charge is 0.237 e. The van der Waals surface area contributed by atoms with Crippen LogP contribution in [-0.4, -0.2) is 14.9 Å². The van der Waals surface area contributed by atoms with Gasteiger partial charge in [-0.3, -0.25) is 0 Å². The van der Waals surface area contributed by atoms with E-state index in [9.17, 15) is 5.11 Å². The topological polar surface area (TPSA) is 62.8 Å². The monoisotopic (exact) mass is 216 g/mol. The zero-order chi connectivity index (χ0) is 11.5. The van der Waals surface area contributed by atoms with E-state index in [0.717, 1.165) is 5.69 Å². The Hall–Kier alpha value is -2.17. The molecule has 1 aromatic carbocycles. The zero-order valence-corrected chi connectivity index (χ0v) is 9.12. The average molecular weight is 216 g/mol. The summed E-state index contributed by atoms with van der Waals surface area (Å²) in [5.74, 6) is 0.0252. The molecular weight excluding hydrogens is 204 g/mol. The number of nitrogens with zero attached hydrogens (tertiary/aromatic N) is 4. The Balaban J connectivity index is 2.31. The molecule has 0 unspecified atom stereocenters. The summed E-state index contributed by atoms with van der Waals surface area (Å²) in [6.45, 7) is 1.78. The third kappa shape index (κ3) is 1.93. The van der Waals surface area contributed by atoms with Gasteiger partial charge in [0.05, 0.1) is 11.4 Å². The molecule has 1 N–H and O–H groups in total. The Labute approximate surface area is 93.1 Å². The van der Waals surface area contributed by atoms with Gasteiger partial charge in [0.1, 0.15) is 0 Å². The summed E-state index contributed by atoms with van der Waals surface area (Å²) < 4.78 is 1.37. The Bertz CT molecular complexity index is 516. The molecule has 0 radical (unpaired) electrons. The minimum atomic E-state index is 0.0252. The highest BCUT2D eigenvalue weighted by atomic mass is 16.3. The number of aromatic nitrogens is 2. The molecule has 1 heterocycles. The van der Waals surface area contributed by atoms with Crippen LogP contribution >= 0.6 is 0 Å². The maximum Gasteiger partial charge on any atom is 0.237 e. The van der Waals surface area contributed by atoms with E-state index in [4.69, 9.17) is 0 Å². The molecular formula is C11H12N4O. The number of benzene rings is 1. The lowest BCUT2D eigenvalue weighted by Gasteiger charge is -1.92.